The van der Waals surface area contributed by atoms with Gasteiger partial charge in [-0.1, -0.05) is 23.7 Å². The molecule has 0 atom stereocenters. The van der Waals surface area contributed by atoms with Crippen LogP contribution in [0.2, 0.25) is 5.02 Å². The predicted molar refractivity (Wildman–Crippen MR) is 63.0 cm³/mol. The molecule has 0 unspecified atom stereocenters. The third kappa shape index (κ3) is 2.03. The molecule has 3 rings (SSSR count). The second-order valence-corrected chi connectivity index (χ2v) is 3.84. The standard InChI is InChI=1S/C10H6ClN7/c11-8-3-1-7(2-4-8)9-5-12-10(15-14-9)18-6-13-16-17-18/h1-6H. The molecule has 0 aliphatic carbocycles. The molecule has 3 aromatic rings. The molecule has 0 fully saturated rings. The zero-order valence-corrected chi connectivity index (χ0v) is 9.73. The zero-order valence-electron chi connectivity index (χ0n) is 8.97. The van der Waals surface area contributed by atoms with E-state index >= 15 is 0 Å². The van der Waals surface area contributed by atoms with E-state index in [1.807, 2.05) is 12.1 Å². The number of tetrazole rings is 1. The van der Waals surface area contributed by atoms with E-state index in [1.54, 1.807) is 18.3 Å². The van der Waals surface area contributed by atoms with Crippen molar-refractivity contribution in [3.63, 3.8) is 0 Å². The Hall–Kier alpha value is -2.41. The first-order chi connectivity index (χ1) is 8.83. The van der Waals surface area contributed by atoms with E-state index in [9.17, 15) is 0 Å². The molecule has 7 nitrogen and oxygen atoms in total. The molecule has 0 aliphatic rings. The summed E-state index contributed by atoms with van der Waals surface area (Å²) in [5, 5.41) is 19.4. The molecule has 0 saturated heterocycles. The van der Waals surface area contributed by atoms with Crippen molar-refractivity contribution in [3.05, 3.63) is 41.8 Å². The van der Waals surface area contributed by atoms with Crippen molar-refractivity contribution >= 4 is 11.6 Å². The molecule has 0 N–H and O–H groups in total. The fourth-order valence-corrected chi connectivity index (χ4v) is 1.51. The highest BCUT2D eigenvalue weighted by atomic mass is 35.5. The molecule has 0 bridgehead atoms. The summed E-state index contributed by atoms with van der Waals surface area (Å²) in [5.41, 5.74) is 1.55. The highest BCUT2D eigenvalue weighted by Gasteiger charge is 2.04. The number of benzene rings is 1. The summed E-state index contributed by atoms with van der Waals surface area (Å²) >= 11 is 5.81. The third-order valence-electron chi connectivity index (χ3n) is 2.24. The van der Waals surface area contributed by atoms with Crippen LogP contribution < -0.4 is 0 Å². The molecule has 2 aromatic heterocycles. The van der Waals surface area contributed by atoms with Crippen molar-refractivity contribution in [1.29, 1.82) is 0 Å². The van der Waals surface area contributed by atoms with Crippen molar-refractivity contribution in [3.8, 4) is 17.2 Å². The van der Waals surface area contributed by atoms with Crippen LogP contribution in [0.15, 0.2) is 36.8 Å². The summed E-state index contributed by atoms with van der Waals surface area (Å²) in [5.74, 6) is 0.317. The van der Waals surface area contributed by atoms with Crippen molar-refractivity contribution in [2.75, 3.05) is 0 Å². The molecule has 0 saturated carbocycles. The van der Waals surface area contributed by atoms with Gasteiger partial charge in [-0.15, -0.1) is 15.3 Å². The third-order valence-corrected chi connectivity index (χ3v) is 2.50. The van der Waals surface area contributed by atoms with E-state index in [2.05, 4.69) is 30.7 Å². The van der Waals surface area contributed by atoms with E-state index in [0.717, 1.165) is 5.56 Å². The van der Waals surface area contributed by atoms with Gasteiger partial charge >= 0.3 is 0 Å². The van der Waals surface area contributed by atoms with Gasteiger partial charge in [0, 0.05) is 10.6 Å². The Labute approximate surface area is 106 Å². The normalized spacial score (nSPS) is 10.5. The highest BCUT2D eigenvalue weighted by Crippen LogP contribution is 2.18. The topological polar surface area (TPSA) is 82.3 Å². The van der Waals surface area contributed by atoms with Crippen molar-refractivity contribution in [1.82, 2.24) is 35.4 Å². The van der Waals surface area contributed by atoms with Gasteiger partial charge in [-0.2, -0.15) is 4.68 Å². The number of hydrogen-bond acceptors (Lipinski definition) is 6. The maximum absolute atomic E-state index is 5.81. The van der Waals surface area contributed by atoms with E-state index in [4.69, 9.17) is 11.6 Å². The van der Waals surface area contributed by atoms with Crippen LogP contribution >= 0.6 is 11.6 Å². The monoisotopic (exact) mass is 259 g/mol. The van der Waals surface area contributed by atoms with Crippen LogP contribution in [0.4, 0.5) is 0 Å². The Kier molecular flexibility index (Phi) is 2.66. The summed E-state index contributed by atoms with van der Waals surface area (Å²) in [6.45, 7) is 0. The Bertz CT molecular complexity index is 633. The number of halogens is 1. The number of hydrogen-bond donors (Lipinski definition) is 0. The summed E-state index contributed by atoms with van der Waals surface area (Å²) in [4.78, 5) is 4.13. The molecule has 0 aliphatic heterocycles. The van der Waals surface area contributed by atoms with Crippen LogP contribution in [0, 0.1) is 0 Å². The molecular weight excluding hydrogens is 254 g/mol. The van der Waals surface area contributed by atoms with Crippen LogP contribution in [0.25, 0.3) is 17.2 Å². The average Bonchev–Trinajstić information content (AvgIpc) is 2.94. The predicted octanol–water partition coefficient (Wildman–Crippen LogP) is 1.17. The maximum Gasteiger partial charge on any atom is 0.273 e. The lowest BCUT2D eigenvalue weighted by Crippen LogP contribution is -2.04. The largest absolute Gasteiger partial charge is 0.273 e. The number of nitrogens with zero attached hydrogens (tertiary/aromatic N) is 7. The van der Waals surface area contributed by atoms with E-state index in [-0.39, 0.29) is 0 Å². The van der Waals surface area contributed by atoms with Gasteiger partial charge in [0.05, 0.1) is 6.20 Å². The summed E-state index contributed by atoms with van der Waals surface area (Å²) in [6, 6.07) is 7.27. The van der Waals surface area contributed by atoms with Crippen LogP contribution in [-0.4, -0.2) is 35.4 Å². The number of rotatable bonds is 2. The Morgan fingerprint density at radius 3 is 2.50 bits per heavy atom. The summed E-state index contributed by atoms with van der Waals surface area (Å²) in [7, 11) is 0. The van der Waals surface area contributed by atoms with Gasteiger partial charge in [0.2, 0.25) is 0 Å². The molecule has 0 radical (unpaired) electrons. The SMILES string of the molecule is Clc1ccc(-c2cnc(-n3cnnn3)nn2)cc1. The van der Waals surface area contributed by atoms with E-state index < -0.39 is 0 Å². The fourth-order valence-electron chi connectivity index (χ4n) is 1.38. The smallest absolute Gasteiger partial charge is 0.216 e. The van der Waals surface area contributed by atoms with Gasteiger partial charge in [0.1, 0.15) is 12.0 Å². The minimum absolute atomic E-state index is 0.317. The van der Waals surface area contributed by atoms with E-state index in [0.29, 0.717) is 16.7 Å². The van der Waals surface area contributed by atoms with Crippen molar-refractivity contribution in [2.24, 2.45) is 0 Å². The van der Waals surface area contributed by atoms with Gasteiger partial charge in [0.15, 0.2) is 0 Å². The lowest BCUT2D eigenvalue weighted by molar-refractivity contribution is 0.728. The molecule has 8 heteroatoms. The Morgan fingerprint density at radius 1 is 1.06 bits per heavy atom. The minimum Gasteiger partial charge on any atom is -0.216 e. The van der Waals surface area contributed by atoms with Gasteiger partial charge in [-0.3, -0.25) is 0 Å². The van der Waals surface area contributed by atoms with Crippen molar-refractivity contribution < 1.29 is 0 Å². The Morgan fingerprint density at radius 2 is 1.89 bits per heavy atom. The second-order valence-electron chi connectivity index (χ2n) is 3.40. The van der Waals surface area contributed by atoms with Gasteiger partial charge in [-0.05, 0) is 22.6 Å². The first-order valence-electron chi connectivity index (χ1n) is 5.02. The second kappa shape index (κ2) is 4.46. The average molecular weight is 260 g/mol. The molecule has 18 heavy (non-hydrogen) atoms. The Balaban J connectivity index is 1.94. The summed E-state index contributed by atoms with van der Waals surface area (Å²) in [6.07, 6.45) is 3.01. The first-order valence-corrected chi connectivity index (χ1v) is 5.40. The lowest BCUT2D eigenvalue weighted by Gasteiger charge is -2.00. The summed E-state index contributed by atoms with van der Waals surface area (Å²) < 4.78 is 1.33. The van der Waals surface area contributed by atoms with Crippen molar-refractivity contribution in [2.45, 2.75) is 0 Å². The molecule has 88 valence electrons. The quantitative estimate of drug-likeness (QED) is 0.687. The van der Waals surface area contributed by atoms with E-state index in [1.165, 1.54) is 11.0 Å². The highest BCUT2D eigenvalue weighted by molar-refractivity contribution is 6.30. The minimum atomic E-state index is 0.317. The maximum atomic E-state index is 5.81. The van der Waals surface area contributed by atoms with Gasteiger partial charge in [-0.25, -0.2) is 4.98 Å². The zero-order chi connectivity index (χ0) is 12.4. The molecular formula is C10H6ClN7. The van der Waals surface area contributed by atoms with Gasteiger partial charge in [0.25, 0.3) is 5.95 Å². The van der Waals surface area contributed by atoms with Crippen LogP contribution in [-0.2, 0) is 0 Å². The molecule has 2 heterocycles. The molecule has 0 spiro atoms. The van der Waals surface area contributed by atoms with Crippen LogP contribution in [0.5, 0.6) is 0 Å². The first kappa shape index (κ1) is 10.7. The van der Waals surface area contributed by atoms with Gasteiger partial charge < -0.3 is 0 Å². The van der Waals surface area contributed by atoms with Crippen LogP contribution in [0.1, 0.15) is 0 Å². The number of aromatic nitrogens is 7. The molecule has 0 amide bonds. The van der Waals surface area contributed by atoms with Crippen LogP contribution in [0.3, 0.4) is 0 Å². The fraction of sp³-hybridized carbons (Fsp3) is 0. The molecule has 1 aromatic carbocycles. The lowest BCUT2D eigenvalue weighted by atomic mass is 10.2.